The Morgan fingerprint density at radius 2 is 1.88 bits per heavy atom. The molecule has 2 N–H and O–H groups in total. The molecule has 1 fully saturated rings. The fourth-order valence-corrected chi connectivity index (χ4v) is 2.85. The van der Waals surface area contributed by atoms with Crippen LogP contribution in [-0.4, -0.2) is 24.0 Å². The average Bonchev–Trinajstić information content (AvgIpc) is 2.18. The fourth-order valence-electron chi connectivity index (χ4n) is 2.59. The van der Waals surface area contributed by atoms with E-state index in [4.69, 9.17) is 5.73 Å². The summed E-state index contributed by atoms with van der Waals surface area (Å²) in [6, 6.07) is 9.74. The lowest BCUT2D eigenvalue weighted by atomic mass is 9.88. The highest BCUT2D eigenvalue weighted by molar-refractivity contribution is 9.10. The molecule has 0 aromatic heterocycles. The molecule has 3 heteroatoms. The molecule has 0 bridgehead atoms. The lowest BCUT2D eigenvalue weighted by Crippen LogP contribution is -2.45. The minimum atomic E-state index is 0.154. The van der Waals surface area contributed by atoms with E-state index in [2.05, 4.69) is 59.1 Å². The van der Waals surface area contributed by atoms with Gasteiger partial charge in [0.2, 0.25) is 0 Å². The van der Waals surface area contributed by atoms with Gasteiger partial charge in [-0.2, -0.15) is 0 Å². The monoisotopic (exact) mass is 296 g/mol. The first-order valence-corrected chi connectivity index (χ1v) is 7.12. The maximum absolute atomic E-state index is 6.17. The molecular weight excluding hydrogens is 276 g/mol. The van der Waals surface area contributed by atoms with Gasteiger partial charge in [0.1, 0.15) is 0 Å². The van der Waals surface area contributed by atoms with Crippen LogP contribution < -0.4 is 5.73 Å². The van der Waals surface area contributed by atoms with Crippen molar-refractivity contribution in [1.29, 1.82) is 0 Å². The van der Waals surface area contributed by atoms with E-state index < -0.39 is 0 Å². The molecule has 2 rings (SSSR count). The Morgan fingerprint density at radius 3 is 2.29 bits per heavy atom. The van der Waals surface area contributed by atoms with E-state index in [0.717, 1.165) is 10.5 Å². The Morgan fingerprint density at radius 1 is 1.29 bits per heavy atom. The van der Waals surface area contributed by atoms with Crippen LogP contribution in [0.2, 0.25) is 0 Å². The van der Waals surface area contributed by atoms with E-state index in [1.54, 1.807) is 0 Å². The molecule has 0 amide bonds. The van der Waals surface area contributed by atoms with Gasteiger partial charge >= 0.3 is 0 Å². The van der Waals surface area contributed by atoms with Gasteiger partial charge < -0.3 is 5.73 Å². The van der Waals surface area contributed by atoms with E-state index >= 15 is 0 Å². The molecule has 94 valence electrons. The first kappa shape index (κ1) is 13.1. The van der Waals surface area contributed by atoms with E-state index in [0.29, 0.717) is 6.04 Å². The molecule has 2 nitrogen and oxygen atoms in total. The van der Waals surface area contributed by atoms with Crippen LogP contribution >= 0.6 is 15.9 Å². The summed E-state index contributed by atoms with van der Waals surface area (Å²) in [6.07, 6.45) is 3.99. The predicted molar refractivity (Wildman–Crippen MR) is 75.9 cm³/mol. The van der Waals surface area contributed by atoms with Crippen LogP contribution in [0.4, 0.5) is 0 Å². The number of benzene rings is 1. The van der Waals surface area contributed by atoms with Gasteiger partial charge in [-0.05, 0) is 44.5 Å². The standard InChI is InChI=1S/C14H21BrN2/c1-10(16)14(17(2)13-4-3-5-13)11-6-8-12(15)9-7-11/h6-10,13-14H,3-5,16H2,1-2H3. The second kappa shape index (κ2) is 5.51. The van der Waals surface area contributed by atoms with Crippen molar-refractivity contribution in [1.82, 2.24) is 4.90 Å². The van der Waals surface area contributed by atoms with Crippen LogP contribution in [-0.2, 0) is 0 Å². The third-order valence-corrected chi connectivity index (χ3v) is 4.33. The lowest BCUT2D eigenvalue weighted by molar-refractivity contribution is 0.0979. The largest absolute Gasteiger partial charge is 0.326 e. The molecule has 1 aromatic carbocycles. The van der Waals surface area contributed by atoms with Crippen LogP contribution in [0.15, 0.2) is 28.7 Å². The van der Waals surface area contributed by atoms with Gasteiger partial charge in [-0.25, -0.2) is 0 Å². The quantitative estimate of drug-likeness (QED) is 0.923. The number of likely N-dealkylation sites (N-methyl/N-ethyl adjacent to an activating group) is 1. The first-order chi connectivity index (χ1) is 8.09. The number of hydrogen-bond donors (Lipinski definition) is 1. The van der Waals surface area contributed by atoms with Crippen LogP contribution in [0.25, 0.3) is 0 Å². The Bertz CT molecular complexity index is 357. The van der Waals surface area contributed by atoms with Gasteiger partial charge in [-0.15, -0.1) is 0 Å². The van der Waals surface area contributed by atoms with Crippen molar-refractivity contribution in [3.05, 3.63) is 34.3 Å². The average molecular weight is 297 g/mol. The molecule has 0 aliphatic heterocycles. The van der Waals surface area contributed by atoms with Crippen LogP contribution in [0.5, 0.6) is 0 Å². The van der Waals surface area contributed by atoms with Gasteiger partial charge in [-0.3, -0.25) is 4.90 Å². The summed E-state index contributed by atoms with van der Waals surface area (Å²) in [5.74, 6) is 0. The number of nitrogens with two attached hydrogens (primary N) is 1. The number of rotatable bonds is 4. The van der Waals surface area contributed by atoms with Crippen molar-refractivity contribution >= 4 is 15.9 Å². The molecule has 0 saturated heterocycles. The fraction of sp³-hybridized carbons (Fsp3) is 0.571. The molecule has 0 spiro atoms. The number of hydrogen-bond acceptors (Lipinski definition) is 2. The number of halogens is 1. The lowest BCUT2D eigenvalue weighted by Gasteiger charge is -2.41. The maximum atomic E-state index is 6.17. The summed E-state index contributed by atoms with van der Waals surface area (Å²) in [5.41, 5.74) is 7.49. The highest BCUT2D eigenvalue weighted by Gasteiger charge is 2.30. The van der Waals surface area contributed by atoms with Gasteiger partial charge in [-0.1, -0.05) is 34.5 Å². The summed E-state index contributed by atoms with van der Waals surface area (Å²) in [5, 5.41) is 0. The topological polar surface area (TPSA) is 29.3 Å². The Kier molecular flexibility index (Phi) is 4.23. The summed E-state index contributed by atoms with van der Waals surface area (Å²) in [6.45, 7) is 2.10. The third-order valence-electron chi connectivity index (χ3n) is 3.80. The molecule has 1 aromatic rings. The summed E-state index contributed by atoms with van der Waals surface area (Å²) in [7, 11) is 2.21. The summed E-state index contributed by atoms with van der Waals surface area (Å²) in [4.78, 5) is 2.46. The molecule has 17 heavy (non-hydrogen) atoms. The van der Waals surface area contributed by atoms with Gasteiger partial charge in [0.15, 0.2) is 0 Å². The van der Waals surface area contributed by atoms with Crippen molar-refractivity contribution in [3.63, 3.8) is 0 Å². The highest BCUT2D eigenvalue weighted by atomic mass is 79.9. The maximum Gasteiger partial charge on any atom is 0.0496 e. The van der Waals surface area contributed by atoms with Crippen LogP contribution in [0.3, 0.4) is 0 Å². The van der Waals surface area contributed by atoms with E-state index in [1.165, 1.54) is 24.8 Å². The van der Waals surface area contributed by atoms with Crippen molar-refractivity contribution in [2.45, 2.75) is 44.3 Å². The minimum Gasteiger partial charge on any atom is -0.326 e. The first-order valence-electron chi connectivity index (χ1n) is 6.32. The smallest absolute Gasteiger partial charge is 0.0496 e. The second-order valence-corrected chi connectivity index (χ2v) is 6.02. The Hall–Kier alpha value is -0.380. The van der Waals surface area contributed by atoms with E-state index in [-0.39, 0.29) is 6.04 Å². The summed E-state index contributed by atoms with van der Waals surface area (Å²) >= 11 is 3.48. The molecule has 1 aliphatic rings. The van der Waals surface area contributed by atoms with Crippen LogP contribution in [0.1, 0.15) is 37.8 Å². The normalized spacial score (nSPS) is 20.1. The summed E-state index contributed by atoms with van der Waals surface area (Å²) < 4.78 is 1.12. The van der Waals surface area contributed by atoms with Gasteiger partial charge in [0.05, 0.1) is 0 Å². The molecule has 2 atom stereocenters. The van der Waals surface area contributed by atoms with Gasteiger partial charge in [0.25, 0.3) is 0 Å². The molecule has 2 unspecified atom stereocenters. The zero-order valence-electron chi connectivity index (χ0n) is 10.6. The Balaban J connectivity index is 2.18. The molecule has 0 heterocycles. The van der Waals surface area contributed by atoms with Crippen molar-refractivity contribution in [2.24, 2.45) is 5.73 Å². The van der Waals surface area contributed by atoms with E-state index in [1.807, 2.05) is 0 Å². The SMILES string of the molecule is CC(N)C(c1ccc(Br)cc1)N(C)C1CCC1. The van der Waals surface area contributed by atoms with Crippen LogP contribution in [0, 0.1) is 0 Å². The zero-order chi connectivity index (χ0) is 12.4. The van der Waals surface area contributed by atoms with Crippen molar-refractivity contribution < 1.29 is 0 Å². The Labute approximate surface area is 112 Å². The molecule has 1 saturated carbocycles. The molecule has 1 aliphatic carbocycles. The third kappa shape index (κ3) is 2.90. The van der Waals surface area contributed by atoms with Crippen molar-refractivity contribution in [2.75, 3.05) is 7.05 Å². The minimum absolute atomic E-state index is 0.154. The number of nitrogens with zero attached hydrogens (tertiary/aromatic N) is 1. The van der Waals surface area contributed by atoms with E-state index in [9.17, 15) is 0 Å². The molecular formula is C14H21BrN2. The second-order valence-electron chi connectivity index (χ2n) is 5.11. The molecule has 0 radical (unpaired) electrons. The van der Waals surface area contributed by atoms with Crippen molar-refractivity contribution in [3.8, 4) is 0 Å². The highest BCUT2D eigenvalue weighted by Crippen LogP contribution is 2.32. The predicted octanol–water partition coefficient (Wildman–Crippen LogP) is 3.32. The zero-order valence-corrected chi connectivity index (χ0v) is 12.2. The van der Waals surface area contributed by atoms with Gasteiger partial charge in [0, 0.05) is 22.6 Å².